The van der Waals surface area contributed by atoms with Crippen LogP contribution in [-0.2, 0) is 6.42 Å². The maximum atomic E-state index is 12.6. The standard InChI is InChI=1S/C21H23N5O/c1-15-6-4-5-7-18(15)25-21(27)19-14-20(24-16(2)23-19)26(3)13-10-17-8-11-22-12-9-17/h4-9,11-12,14H,10,13H2,1-3H3,(H,25,27). The lowest BCUT2D eigenvalue weighted by Gasteiger charge is -2.19. The van der Waals surface area contributed by atoms with Crippen LogP contribution in [0.3, 0.4) is 0 Å². The number of benzene rings is 1. The van der Waals surface area contributed by atoms with E-state index in [1.807, 2.05) is 55.3 Å². The van der Waals surface area contributed by atoms with E-state index < -0.39 is 0 Å². The fourth-order valence-electron chi connectivity index (χ4n) is 2.72. The highest BCUT2D eigenvalue weighted by Crippen LogP contribution is 2.16. The third-order valence-corrected chi connectivity index (χ3v) is 4.33. The molecule has 27 heavy (non-hydrogen) atoms. The van der Waals surface area contributed by atoms with Gasteiger partial charge in [0.15, 0.2) is 0 Å². The van der Waals surface area contributed by atoms with Crippen molar-refractivity contribution in [3.8, 4) is 0 Å². The van der Waals surface area contributed by atoms with Crippen LogP contribution in [0, 0.1) is 13.8 Å². The number of carbonyl (C=O) groups excluding carboxylic acids is 1. The van der Waals surface area contributed by atoms with Crippen LogP contribution in [0.15, 0.2) is 54.9 Å². The summed E-state index contributed by atoms with van der Waals surface area (Å²) >= 11 is 0. The second-order valence-corrected chi connectivity index (χ2v) is 6.45. The predicted octanol–water partition coefficient (Wildman–Crippen LogP) is 3.42. The van der Waals surface area contributed by atoms with E-state index in [4.69, 9.17) is 0 Å². The van der Waals surface area contributed by atoms with Crippen LogP contribution in [0.5, 0.6) is 0 Å². The third kappa shape index (κ3) is 4.88. The smallest absolute Gasteiger partial charge is 0.274 e. The van der Waals surface area contributed by atoms with Gasteiger partial charge in [0.1, 0.15) is 17.3 Å². The van der Waals surface area contributed by atoms with Gasteiger partial charge in [-0.2, -0.15) is 0 Å². The van der Waals surface area contributed by atoms with E-state index in [-0.39, 0.29) is 5.91 Å². The molecule has 0 spiro atoms. The summed E-state index contributed by atoms with van der Waals surface area (Å²) in [5.74, 6) is 1.06. The van der Waals surface area contributed by atoms with E-state index in [1.165, 1.54) is 5.56 Å². The summed E-state index contributed by atoms with van der Waals surface area (Å²) in [6.07, 6.45) is 4.45. The van der Waals surface area contributed by atoms with Gasteiger partial charge in [-0.25, -0.2) is 9.97 Å². The molecular formula is C21H23N5O. The van der Waals surface area contributed by atoms with Crippen molar-refractivity contribution in [3.63, 3.8) is 0 Å². The Labute approximate surface area is 159 Å². The zero-order valence-corrected chi connectivity index (χ0v) is 15.8. The molecular weight excluding hydrogens is 338 g/mol. The fourth-order valence-corrected chi connectivity index (χ4v) is 2.72. The number of hydrogen-bond acceptors (Lipinski definition) is 5. The minimum Gasteiger partial charge on any atom is -0.359 e. The highest BCUT2D eigenvalue weighted by molar-refractivity contribution is 6.03. The van der Waals surface area contributed by atoms with Crippen molar-refractivity contribution in [1.29, 1.82) is 0 Å². The van der Waals surface area contributed by atoms with Crippen LogP contribution in [0.4, 0.5) is 11.5 Å². The molecule has 138 valence electrons. The summed E-state index contributed by atoms with van der Waals surface area (Å²) in [6.45, 7) is 4.53. The van der Waals surface area contributed by atoms with Crippen LogP contribution >= 0.6 is 0 Å². The van der Waals surface area contributed by atoms with E-state index in [9.17, 15) is 4.79 Å². The first kappa shape index (κ1) is 18.5. The second kappa shape index (κ2) is 8.40. The molecule has 3 rings (SSSR count). The number of aromatic nitrogens is 3. The molecule has 1 amide bonds. The summed E-state index contributed by atoms with van der Waals surface area (Å²) in [4.78, 5) is 27.5. The molecule has 0 atom stereocenters. The number of nitrogens with zero attached hydrogens (tertiary/aromatic N) is 4. The number of amides is 1. The molecule has 0 saturated carbocycles. The highest BCUT2D eigenvalue weighted by atomic mass is 16.1. The molecule has 0 bridgehead atoms. The summed E-state index contributed by atoms with van der Waals surface area (Å²) in [7, 11) is 1.96. The number of para-hydroxylation sites is 1. The van der Waals surface area contributed by atoms with Crippen molar-refractivity contribution in [2.45, 2.75) is 20.3 Å². The number of likely N-dealkylation sites (N-methyl/N-ethyl adjacent to an activating group) is 1. The van der Waals surface area contributed by atoms with E-state index in [1.54, 1.807) is 25.4 Å². The molecule has 0 saturated heterocycles. The van der Waals surface area contributed by atoms with Gasteiger partial charge in [0, 0.05) is 37.7 Å². The van der Waals surface area contributed by atoms with Gasteiger partial charge in [-0.05, 0) is 49.6 Å². The lowest BCUT2D eigenvalue weighted by Crippen LogP contribution is -2.23. The van der Waals surface area contributed by atoms with Crippen molar-refractivity contribution in [1.82, 2.24) is 15.0 Å². The van der Waals surface area contributed by atoms with Gasteiger partial charge in [-0.1, -0.05) is 18.2 Å². The molecule has 6 nitrogen and oxygen atoms in total. The summed E-state index contributed by atoms with van der Waals surface area (Å²) in [5.41, 5.74) is 3.36. The number of rotatable bonds is 6. The van der Waals surface area contributed by atoms with E-state index in [2.05, 4.69) is 20.3 Å². The molecule has 0 unspecified atom stereocenters. The van der Waals surface area contributed by atoms with Crippen LogP contribution in [0.2, 0.25) is 0 Å². The van der Waals surface area contributed by atoms with Crippen molar-refractivity contribution in [2.24, 2.45) is 0 Å². The average Bonchev–Trinajstić information content (AvgIpc) is 2.68. The molecule has 0 aliphatic heterocycles. The molecule has 2 aromatic heterocycles. The summed E-state index contributed by atoms with van der Waals surface area (Å²) < 4.78 is 0. The molecule has 0 fully saturated rings. The first-order chi connectivity index (χ1) is 13.0. The zero-order chi connectivity index (χ0) is 19.2. The second-order valence-electron chi connectivity index (χ2n) is 6.45. The minimum absolute atomic E-state index is 0.237. The number of aryl methyl sites for hydroxylation is 2. The first-order valence-corrected chi connectivity index (χ1v) is 8.85. The third-order valence-electron chi connectivity index (χ3n) is 4.33. The van der Waals surface area contributed by atoms with E-state index >= 15 is 0 Å². The summed E-state index contributed by atoms with van der Waals surface area (Å²) in [5, 5.41) is 2.92. The molecule has 0 radical (unpaired) electrons. The Morgan fingerprint density at radius 3 is 2.56 bits per heavy atom. The lowest BCUT2D eigenvalue weighted by atomic mass is 10.2. The first-order valence-electron chi connectivity index (χ1n) is 8.85. The SMILES string of the molecule is Cc1nc(C(=O)Nc2ccccc2C)cc(N(C)CCc2ccncc2)n1. The number of carbonyl (C=O) groups is 1. The molecule has 6 heteroatoms. The highest BCUT2D eigenvalue weighted by Gasteiger charge is 2.14. The van der Waals surface area contributed by atoms with Crippen LogP contribution in [0.25, 0.3) is 0 Å². The monoisotopic (exact) mass is 361 g/mol. The Kier molecular flexibility index (Phi) is 5.76. The molecule has 1 aromatic carbocycles. The maximum absolute atomic E-state index is 12.6. The maximum Gasteiger partial charge on any atom is 0.274 e. The van der Waals surface area contributed by atoms with Gasteiger partial charge in [-0.3, -0.25) is 9.78 Å². The van der Waals surface area contributed by atoms with Crippen LogP contribution < -0.4 is 10.2 Å². The number of hydrogen-bond donors (Lipinski definition) is 1. The van der Waals surface area contributed by atoms with Crippen molar-refractivity contribution >= 4 is 17.4 Å². The number of nitrogens with one attached hydrogen (secondary N) is 1. The van der Waals surface area contributed by atoms with Gasteiger partial charge in [0.2, 0.25) is 0 Å². The number of anilines is 2. The predicted molar refractivity (Wildman–Crippen MR) is 107 cm³/mol. The van der Waals surface area contributed by atoms with Gasteiger partial charge in [-0.15, -0.1) is 0 Å². The quantitative estimate of drug-likeness (QED) is 0.728. The van der Waals surface area contributed by atoms with Gasteiger partial charge < -0.3 is 10.2 Å². The van der Waals surface area contributed by atoms with Crippen LogP contribution in [-0.4, -0.2) is 34.5 Å². The molecule has 2 heterocycles. The van der Waals surface area contributed by atoms with Crippen molar-refractivity contribution in [2.75, 3.05) is 23.8 Å². The minimum atomic E-state index is -0.237. The van der Waals surface area contributed by atoms with Crippen LogP contribution in [0.1, 0.15) is 27.4 Å². The zero-order valence-electron chi connectivity index (χ0n) is 15.8. The van der Waals surface area contributed by atoms with Gasteiger partial charge >= 0.3 is 0 Å². The van der Waals surface area contributed by atoms with E-state index in [0.717, 1.165) is 30.0 Å². The van der Waals surface area contributed by atoms with Gasteiger partial charge in [0.05, 0.1) is 0 Å². The normalized spacial score (nSPS) is 10.5. The Morgan fingerprint density at radius 1 is 1.07 bits per heavy atom. The van der Waals surface area contributed by atoms with Gasteiger partial charge in [0.25, 0.3) is 5.91 Å². The Morgan fingerprint density at radius 2 is 1.81 bits per heavy atom. The molecule has 3 aromatic rings. The molecule has 0 aliphatic carbocycles. The van der Waals surface area contributed by atoms with Crippen molar-refractivity contribution in [3.05, 3.63) is 77.5 Å². The Balaban J connectivity index is 1.73. The topological polar surface area (TPSA) is 71.0 Å². The van der Waals surface area contributed by atoms with E-state index in [0.29, 0.717) is 11.5 Å². The number of pyridine rings is 1. The Bertz CT molecular complexity index is 927. The average molecular weight is 361 g/mol. The lowest BCUT2D eigenvalue weighted by molar-refractivity contribution is 0.102. The van der Waals surface area contributed by atoms with Crippen molar-refractivity contribution < 1.29 is 4.79 Å². The largest absolute Gasteiger partial charge is 0.359 e. The fraction of sp³-hybridized carbons (Fsp3) is 0.238. The molecule has 1 N–H and O–H groups in total. The Hall–Kier alpha value is -3.28. The molecule has 0 aliphatic rings. The summed E-state index contributed by atoms with van der Waals surface area (Å²) in [6, 6.07) is 13.4.